The normalized spacial score (nSPS) is 47.2. The summed E-state index contributed by atoms with van der Waals surface area (Å²) < 4.78 is 0. The maximum atomic E-state index is 12.6. The average molecular weight is 264 g/mol. The van der Waals surface area contributed by atoms with Crippen LogP contribution in [-0.4, -0.2) is 18.4 Å². The van der Waals surface area contributed by atoms with Crippen molar-refractivity contribution in [1.29, 1.82) is 0 Å². The number of hydrogen-bond donors (Lipinski definition) is 2. The summed E-state index contributed by atoms with van der Waals surface area (Å²) in [5.41, 5.74) is 5.53. The van der Waals surface area contributed by atoms with Crippen LogP contribution in [0.4, 0.5) is 0 Å². The fourth-order valence-corrected chi connectivity index (χ4v) is 6.06. The molecule has 106 valence electrons. The number of carbonyl (C=O) groups excluding carboxylic acids is 2. The molecule has 0 saturated heterocycles. The number of primary amides is 1. The van der Waals surface area contributed by atoms with Crippen LogP contribution in [0.15, 0.2) is 0 Å². The lowest BCUT2D eigenvalue weighted by Crippen LogP contribution is -2.60. The van der Waals surface area contributed by atoms with Crippen molar-refractivity contribution in [3.8, 4) is 0 Å². The molecule has 0 aromatic rings. The minimum atomic E-state index is -0.462. The van der Waals surface area contributed by atoms with Crippen molar-refractivity contribution in [1.82, 2.24) is 5.32 Å². The largest absolute Gasteiger partial charge is 0.368 e. The molecule has 3 N–H and O–H groups in total. The van der Waals surface area contributed by atoms with E-state index in [-0.39, 0.29) is 17.9 Å². The van der Waals surface area contributed by atoms with Crippen LogP contribution in [0.1, 0.15) is 52.4 Å². The molecule has 0 spiro atoms. The van der Waals surface area contributed by atoms with Crippen LogP contribution in [0, 0.1) is 22.2 Å². The lowest BCUT2D eigenvalue weighted by Gasteiger charge is -2.64. The number of carbonyl (C=O) groups is 2. The summed E-state index contributed by atoms with van der Waals surface area (Å²) >= 11 is 0. The van der Waals surface area contributed by atoms with Gasteiger partial charge in [-0.25, -0.2) is 0 Å². The molecule has 2 unspecified atom stereocenters. The third kappa shape index (κ3) is 2.05. The molecule has 4 fully saturated rings. The van der Waals surface area contributed by atoms with Gasteiger partial charge in [0.2, 0.25) is 11.8 Å². The van der Waals surface area contributed by atoms with Crippen LogP contribution in [0.2, 0.25) is 0 Å². The SMILES string of the molecule is CC12CC3CC(C)(C1)CC(C(=O)NCC(N)=O)(C3)C2. The van der Waals surface area contributed by atoms with E-state index in [9.17, 15) is 9.59 Å². The van der Waals surface area contributed by atoms with Gasteiger partial charge in [0.05, 0.1) is 12.0 Å². The first-order valence-corrected chi connectivity index (χ1v) is 7.31. The third-order valence-corrected chi connectivity index (χ3v) is 5.53. The minimum Gasteiger partial charge on any atom is -0.368 e. The maximum absolute atomic E-state index is 12.6. The van der Waals surface area contributed by atoms with Crippen molar-refractivity contribution >= 4 is 11.8 Å². The number of rotatable bonds is 3. The Labute approximate surface area is 114 Å². The van der Waals surface area contributed by atoms with Gasteiger partial charge in [-0.2, -0.15) is 0 Å². The molecule has 19 heavy (non-hydrogen) atoms. The fraction of sp³-hybridized carbons (Fsp3) is 0.867. The molecular weight excluding hydrogens is 240 g/mol. The fourth-order valence-electron chi connectivity index (χ4n) is 6.06. The van der Waals surface area contributed by atoms with E-state index in [0.29, 0.717) is 16.7 Å². The van der Waals surface area contributed by atoms with Crippen molar-refractivity contribution in [2.24, 2.45) is 27.9 Å². The number of hydrogen-bond acceptors (Lipinski definition) is 2. The smallest absolute Gasteiger partial charge is 0.236 e. The first-order chi connectivity index (χ1) is 8.74. The molecule has 4 bridgehead atoms. The number of amides is 2. The van der Waals surface area contributed by atoms with Crippen LogP contribution in [-0.2, 0) is 9.59 Å². The average Bonchev–Trinajstić information content (AvgIpc) is 2.20. The summed E-state index contributed by atoms with van der Waals surface area (Å²) in [5.74, 6) is 0.286. The molecule has 0 aliphatic heterocycles. The Morgan fingerprint density at radius 3 is 2.16 bits per heavy atom. The lowest BCUT2D eigenvalue weighted by molar-refractivity contribution is -0.170. The Morgan fingerprint density at radius 2 is 1.68 bits per heavy atom. The Balaban J connectivity index is 1.84. The van der Waals surface area contributed by atoms with Crippen molar-refractivity contribution in [3.63, 3.8) is 0 Å². The second kappa shape index (κ2) is 3.74. The first kappa shape index (κ1) is 12.9. The van der Waals surface area contributed by atoms with Crippen molar-refractivity contribution in [2.45, 2.75) is 52.4 Å². The summed E-state index contributed by atoms with van der Waals surface area (Å²) in [6, 6.07) is 0. The summed E-state index contributed by atoms with van der Waals surface area (Å²) in [7, 11) is 0. The van der Waals surface area contributed by atoms with Gasteiger partial charge in [-0.05, 0) is 55.3 Å². The zero-order valence-corrected chi connectivity index (χ0v) is 11.9. The van der Waals surface area contributed by atoms with Crippen molar-refractivity contribution in [3.05, 3.63) is 0 Å². The van der Waals surface area contributed by atoms with Crippen LogP contribution in [0.5, 0.6) is 0 Å². The molecule has 2 atom stereocenters. The van der Waals surface area contributed by atoms with Gasteiger partial charge in [0, 0.05) is 0 Å². The number of nitrogens with one attached hydrogen (secondary N) is 1. The minimum absolute atomic E-state index is 0.0291. The standard InChI is InChI=1S/C15H24N2O2/c1-13-3-10-4-14(2,7-13)9-15(5-10,8-13)12(19)17-6-11(16)18/h10H,3-9H2,1-2H3,(H2,16,18)(H,17,19). The van der Waals surface area contributed by atoms with Gasteiger partial charge >= 0.3 is 0 Å². The highest BCUT2D eigenvalue weighted by molar-refractivity contribution is 5.87. The highest BCUT2D eigenvalue weighted by Crippen LogP contribution is 2.69. The molecule has 4 aliphatic carbocycles. The topological polar surface area (TPSA) is 72.2 Å². The predicted molar refractivity (Wildman–Crippen MR) is 72.0 cm³/mol. The Kier molecular flexibility index (Phi) is 2.55. The van der Waals surface area contributed by atoms with Gasteiger partial charge in [0.15, 0.2) is 0 Å². The monoisotopic (exact) mass is 264 g/mol. The van der Waals surface area contributed by atoms with Crippen LogP contribution < -0.4 is 11.1 Å². The molecule has 0 aromatic heterocycles. The van der Waals surface area contributed by atoms with Crippen LogP contribution >= 0.6 is 0 Å². The lowest BCUT2D eigenvalue weighted by atomic mass is 9.40. The molecule has 0 radical (unpaired) electrons. The summed E-state index contributed by atoms with van der Waals surface area (Å²) in [6.45, 7) is 4.65. The molecule has 2 amide bonds. The van der Waals surface area contributed by atoms with Gasteiger partial charge in [-0.15, -0.1) is 0 Å². The second-order valence-corrected chi connectivity index (χ2v) is 8.06. The van der Waals surface area contributed by atoms with Crippen molar-refractivity contribution < 1.29 is 9.59 Å². The van der Waals surface area contributed by atoms with Gasteiger partial charge < -0.3 is 11.1 Å². The summed E-state index contributed by atoms with van der Waals surface area (Å²) in [6.07, 6.45) is 6.76. The van der Waals surface area contributed by atoms with Crippen LogP contribution in [0.3, 0.4) is 0 Å². The van der Waals surface area contributed by atoms with Gasteiger partial charge in [-0.3, -0.25) is 9.59 Å². The summed E-state index contributed by atoms with van der Waals surface area (Å²) in [5, 5.41) is 2.76. The van der Waals surface area contributed by atoms with E-state index in [1.165, 1.54) is 19.3 Å². The van der Waals surface area contributed by atoms with Crippen LogP contribution in [0.25, 0.3) is 0 Å². The van der Waals surface area contributed by atoms with Gasteiger partial charge in [0.25, 0.3) is 0 Å². The molecule has 4 saturated carbocycles. The van der Waals surface area contributed by atoms with E-state index in [2.05, 4.69) is 19.2 Å². The van der Waals surface area contributed by atoms with E-state index in [1.54, 1.807) is 0 Å². The zero-order chi connectivity index (χ0) is 13.9. The second-order valence-electron chi connectivity index (χ2n) is 8.06. The van der Waals surface area contributed by atoms with E-state index < -0.39 is 5.91 Å². The quantitative estimate of drug-likeness (QED) is 0.812. The first-order valence-electron chi connectivity index (χ1n) is 7.31. The number of nitrogens with two attached hydrogens (primary N) is 1. The zero-order valence-electron chi connectivity index (χ0n) is 11.9. The van der Waals surface area contributed by atoms with Gasteiger partial charge in [-0.1, -0.05) is 13.8 Å². The van der Waals surface area contributed by atoms with E-state index in [1.807, 2.05) is 0 Å². The third-order valence-electron chi connectivity index (χ3n) is 5.53. The molecule has 4 nitrogen and oxygen atoms in total. The molecule has 0 aromatic carbocycles. The molecule has 4 rings (SSSR count). The molecule has 4 aliphatic rings. The Hall–Kier alpha value is -1.06. The van der Waals surface area contributed by atoms with Crippen molar-refractivity contribution in [2.75, 3.05) is 6.54 Å². The molecule has 0 heterocycles. The highest BCUT2D eigenvalue weighted by atomic mass is 16.2. The van der Waals surface area contributed by atoms with E-state index in [4.69, 9.17) is 5.73 Å². The molecule has 4 heteroatoms. The Morgan fingerprint density at radius 1 is 1.11 bits per heavy atom. The predicted octanol–water partition coefficient (Wildman–Crippen LogP) is 1.58. The van der Waals surface area contributed by atoms with Gasteiger partial charge in [0.1, 0.15) is 0 Å². The molecular formula is C15H24N2O2. The van der Waals surface area contributed by atoms with E-state index >= 15 is 0 Å². The van der Waals surface area contributed by atoms with E-state index in [0.717, 1.165) is 19.3 Å². The summed E-state index contributed by atoms with van der Waals surface area (Å²) in [4.78, 5) is 23.4. The maximum Gasteiger partial charge on any atom is 0.236 e. The highest BCUT2D eigenvalue weighted by Gasteiger charge is 2.62. The Bertz CT molecular complexity index is 427.